The average Bonchev–Trinajstić information content (AvgIpc) is 2.54. The number of ether oxygens (including phenoxy) is 1. The molecule has 1 aliphatic heterocycles. The molecule has 1 fully saturated rings. The number of hydrogen-bond acceptors (Lipinski definition) is 2. The lowest BCUT2D eigenvalue weighted by atomic mass is 9.83. The topological polar surface area (TPSA) is 29.5 Å². The fourth-order valence-electron chi connectivity index (χ4n) is 3.62. The summed E-state index contributed by atoms with van der Waals surface area (Å²) < 4.78 is 6.35. The molecule has 104 valence electrons. The van der Waals surface area contributed by atoms with E-state index in [1.807, 2.05) is 6.07 Å². The number of aliphatic hydroxyl groups is 1. The van der Waals surface area contributed by atoms with Gasteiger partial charge in [0.15, 0.2) is 0 Å². The van der Waals surface area contributed by atoms with Gasteiger partial charge in [-0.3, -0.25) is 0 Å². The third kappa shape index (κ3) is 2.51. The molecule has 0 saturated heterocycles. The van der Waals surface area contributed by atoms with E-state index < -0.39 is 0 Å². The van der Waals surface area contributed by atoms with Crippen LogP contribution < -0.4 is 4.74 Å². The second kappa shape index (κ2) is 4.82. The first-order valence-electron chi connectivity index (χ1n) is 7.56. The Bertz CT molecular complexity index is 468. The van der Waals surface area contributed by atoms with Crippen molar-refractivity contribution in [3.05, 3.63) is 29.3 Å². The van der Waals surface area contributed by atoms with E-state index in [0.717, 1.165) is 36.5 Å². The number of aliphatic hydroxyl groups excluding tert-OH is 1. The molecule has 0 bridgehead atoms. The molecular weight excluding hydrogens is 236 g/mol. The average molecular weight is 260 g/mol. The molecule has 19 heavy (non-hydrogen) atoms. The molecule has 0 radical (unpaired) electrons. The van der Waals surface area contributed by atoms with Gasteiger partial charge in [-0.2, -0.15) is 0 Å². The highest BCUT2D eigenvalue weighted by Gasteiger charge is 2.41. The number of benzene rings is 1. The van der Waals surface area contributed by atoms with E-state index in [4.69, 9.17) is 4.74 Å². The van der Waals surface area contributed by atoms with E-state index in [2.05, 4.69) is 26.0 Å². The van der Waals surface area contributed by atoms with Crippen LogP contribution in [0.15, 0.2) is 18.2 Å². The van der Waals surface area contributed by atoms with Crippen molar-refractivity contribution in [1.82, 2.24) is 0 Å². The first kappa shape index (κ1) is 13.0. The summed E-state index contributed by atoms with van der Waals surface area (Å²) in [5.41, 5.74) is 2.04. The van der Waals surface area contributed by atoms with Gasteiger partial charge in [0.25, 0.3) is 0 Å². The highest BCUT2D eigenvalue weighted by molar-refractivity contribution is 5.40. The third-order valence-electron chi connectivity index (χ3n) is 4.84. The minimum Gasteiger partial charge on any atom is -0.487 e. The molecule has 2 unspecified atom stereocenters. The minimum atomic E-state index is -0.364. The molecule has 1 aromatic carbocycles. The standard InChI is InChI=1S/C17H24O2/c1-12-4-3-8-17(9-7-12)11-15(18)14-10-13(2)5-6-16(14)19-17/h5-6,10,12,15,18H,3-4,7-9,11H2,1-2H3/t12?,15-,17?/m1/s1. The van der Waals surface area contributed by atoms with Crippen molar-refractivity contribution in [2.75, 3.05) is 0 Å². The Morgan fingerprint density at radius 1 is 1.26 bits per heavy atom. The van der Waals surface area contributed by atoms with E-state index in [-0.39, 0.29) is 11.7 Å². The lowest BCUT2D eigenvalue weighted by Crippen LogP contribution is -2.40. The number of aryl methyl sites for hydroxylation is 1. The summed E-state index contributed by atoms with van der Waals surface area (Å²) in [4.78, 5) is 0. The van der Waals surface area contributed by atoms with Gasteiger partial charge in [-0.25, -0.2) is 0 Å². The normalized spacial score (nSPS) is 34.5. The summed E-state index contributed by atoms with van der Waals surface area (Å²) >= 11 is 0. The molecule has 0 amide bonds. The fraction of sp³-hybridized carbons (Fsp3) is 0.647. The van der Waals surface area contributed by atoms with Gasteiger partial charge in [-0.05, 0) is 50.7 Å². The van der Waals surface area contributed by atoms with Crippen molar-refractivity contribution >= 4 is 0 Å². The summed E-state index contributed by atoms with van der Waals surface area (Å²) in [6.45, 7) is 4.39. The monoisotopic (exact) mass is 260 g/mol. The Balaban J connectivity index is 1.89. The maximum Gasteiger partial charge on any atom is 0.125 e. The van der Waals surface area contributed by atoms with Crippen LogP contribution in [0.2, 0.25) is 0 Å². The van der Waals surface area contributed by atoms with Gasteiger partial charge in [-0.1, -0.05) is 25.0 Å². The summed E-state index contributed by atoms with van der Waals surface area (Å²) in [7, 11) is 0. The van der Waals surface area contributed by atoms with E-state index in [9.17, 15) is 5.11 Å². The predicted octanol–water partition coefficient (Wildman–Crippen LogP) is 4.15. The van der Waals surface area contributed by atoms with E-state index in [1.54, 1.807) is 0 Å². The third-order valence-corrected chi connectivity index (χ3v) is 4.84. The zero-order valence-electron chi connectivity index (χ0n) is 12.0. The zero-order chi connectivity index (χ0) is 13.5. The molecule has 0 aromatic heterocycles. The smallest absolute Gasteiger partial charge is 0.125 e. The first-order valence-corrected chi connectivity index (χ1v) is 7.56. The van der Waals surface area contributed by atoms with Crippen molar-refractivity contribution in [3.63, 3.8) is 0 Å². The van der Waals surface area contributed by atoms with Crippen LogP contribution in [0.1, 0.15) is 62.7 Å². The SMILES string of the molecule is Cc1ccc2c(c1)[C@H](O)CC1(CCCC(C)CC1)O2. The maximum absolute atomic E-state index is 10.5. The van der Waals surface area contributed by atoms with E-state index in [0.29, 0.717) is 0 Å². The first-order chi connectivity index (χ1) is 9.08. The van der Waals surface area contributed by atoms with Crippen LogP contribution in [0.25, 0.3) is 0 Å². The van der Waals surface area contributed by atoms with E-state index >= 15 is 0 Å². The highest BCUT2D eigenvalue weighted by atomic mass is 16.5. The Labute approximate surface area is 115 Å². The fourth-order valence-corrected chi connectivity index (χ4v) is 3.62. The second-order valence-electron chi connectivity index (χ2n) is 6.58. The summed E-state index contributed by atoms with van der Waals surface area (Å²) in [6.07, 6.45) is 6.29. The van der Waals surface area contributed by atoms with Gasteiger partial charge in [0, 0.05) is 12.0 Å². The number of fused-ring (bicyclic) bond motifs is 1. The van der Waals surface area contributed by atoms with Crippen molar-refractivity contribution < 1.29 is 9.84 Å². The molecule has 1 aromatic rings. The van der Waals surface area contributed by atoms with Crippen molar-refractivity contribution in [1.29, 1.82) is 0 Å². The zero-order valence-corrected chi connectivity index (χ0v) is 12.0. The van der Waals surface area contributed by atoms with Gasteiger partial charge < -0.3 is 9.84 Å². The van der Waals surface area contributed by atoms with Gasteiger partial charge in [-0.15, -0.1) is 0 Å². The van der Waals surface area contributed by atoms with Crippen LogP contribution in [-0.4, -0.2) is 10.7 Å². The van der Waals surface area contributed by atoms with Gasteiger partial charge in [0.1, 0.15) is 11.4 Å². The molecule has 3 atom stereocenters. The number of hydrogen-bond donors (Lipinski definition) is 1. The van der Waals surface area contributed by atoms with Crippen molar-refractivity contribution in [3.8, 4) is 5.75 Å². The molecule has 1 N–H and O–H groups in total. The number of rotatable bonds is 0. The van der Waals surface area contributed by atoms with Crippen LogP contribution in [0.5, 0.6) is 5.75 Å². The summed E-state index contributed by atoms with van der Waals surface area (Å²) in [5, 5.41) is 10.5. The van der Waals surface area contributed by atoms with Crippen LogP contribution in [0.3, 0.4) is 0 Å². The molecular formula is C17H24O2. The Kier molecular flexibility index (Phi) is 3.30. The summed E-state index contributed by atoms with van der Waals surface area (Å²) in [5.74, 6) is 1.69. The predicted molar refractivity (Wildman–Crippen MR) is 76.4 cm³/mol. The van der Waals surface area contributed by atoms with Gasteiger partial charge in [0.2, 0.25) is 0 Å². The lowest BCUT2D eigenvalue weighted by Gasteiger charge is -2.40. The van der Waals surface area contributed by atoms with Crippen LogP contribution >= 0.6 is 0 Å². The van der Waals surface area contributed by atoms with Gasteiger partial charge >= 0.3 is 0 Å². The van der Waals surface area contributed by atoms with Gasteiger partial charge in [0.05, 0.1) is 6.10 Å². The molecule has 2 aliphatic rings. The molecule has 1 aliphatic carbocycles. The molecule has 1 heterocycles. The largest absolute Gasteiger partial charge is 0.487 e. The lowest BCUT2D eigenvalue weighted by molar-refractivity contribution is -0.0250. The molecule has 2 nitrogen and oxygen atoms in total. The summed E-state index contributed by atoms with van der Waals surface area (Å²) in [6, 6.07) is 6.17. The molecule has 2 heteroatoms. The van der Waals surface area contributed by atoms with Crippen LogP contribution in [0, 0.1) is 12.8 Å². The van der Waals surface area contributed by atoms with Crippen molar-refractivity contribution in [2.45, 2.75) is 64.1 Å². The molecule has 3 rings (SSSR count). The molecule has 1 saturated carbocycles. The van der Waals surface area contributed by atoms with E-state index in [1.165, 1.54) is 24.8 Å². The maximum atomic E-state index is 10.5. The van der Waals surface area contributed by atoms with Crippen LogP contribution in [0.4, 0.5) is 0 Å². The Hall–Kier alpha value is -1.02. The molecule has 1 spiro atoms. The Morgan fingerprint density at radius 2 is 2.11 bits per heavy atom. The second-order valence-corrected chi connectivity index (χ2v) is 6.58. The quantitative estimate of drug-likeness (QED) is 0.759. The Morgan fingerprint density at radius 3 is 2.95 bits per heavy atom. The highest BCUT2D eigenvalue weighted by Crippen LogP contribution is 2.46. The van der Waals surface area contributed by atoms with Crippen molar-refractivity contribution in [2.24, 2.45) is 5.92 Å². The minimum absolute atomic E-state index is 0.119. The van der Waals surface area contributed by atoms with Crippen LogP contribution in [-0.2, 0) is 0 Å².